The van der Waals surface area contributed by atoms with Gasteiger partial charge in [-0.1, -0.05) is 18.2 Å². The summed E-state index contributed by atoms with van der Waals surface area (Å²) in [5.74, 6) is -0.152. The van der Waals surface area contributed by atoms with Crippen LogP contribution in [0.4, 0.5) is 5.69 Å². The molecule has 0 saturated heterocycles. The fourth-order valence-electron chi connectivity index (χ4n) is 1.73. The highest BCUT2D eigenvalue weighted by Gasteiger charge is 2.32. The number of hydrogen-bond donors (Lipinski definition) is 1. The normalized spacial score (nSPS) is 22.4. The Hall–Kier alpha value is -1.97. The van der Waals surface area contributed by atoms with Crippen LogP contribution >= 0.6 is 0 Å². The average Bonchev–Trinajstić information content (AvgIpc) is 2.59. The Bertz CT molecular complexity index is 476. The van der Waals surface area contributed by atoms with Gasteiger partial charge in [0.05, 0.1) is 12.0 Å². The van der Waals surface area contributed by atoms with Crippen LogP contribution in [0.1, 0.15) is 11.6 Å². The van der Waals surface area contributed by atoms with Crippen molar-refractivity contribution in [2.45, 2.75) is 6.04 Å². The summed E-state index contributed by atoms with van der Waals surface area (Å²) in [5, 5.41) is 2.53. The summed E-state index contributed by atoms with van der Waals surface area (Å²) >= 11 is 0. The predicted octanol–water partition coefficient (Wildman–Crippen LogP) is 0.972. The molecule has 0 spiro atoms. The Morgan fingerprint density at radius 1 is 1.29 bits per heavy atom. The molecule has 4 nitrogen and oxygen atoms in total. The molecule has 1 N–H and O–H groups in total. The second kappa shape index (κ2) is 2.51. The molecule has 0 aliphatic carbocycles. The van der Waals surface area contributed by atoms with Crippen molar-refractivity contribution < 1.29 is 4.79 Å². The molecule has 0 aromatic heterocycles. The average molecular weight is 185 g/mol. The van der Waals surface area contributed by atoms with Crippen molar-refractivity contribution >= 4 is 23.6 Å². The van der Waals surface area contributed by atoms with E-state index in [1.54, 1.807) is 0 Å². The zero-order valence-corrected chi connectivity index (χ0v) is 7.27. The molecule has 14 heavy (non-hydrogen) atoms. The monoisotopic (exact) mass is 185 g/mol. The van der Waals surface area contributed by atoms with E-state index in [1.165, 1.54) is 6.34 Å². The van der Waals surface area contributed by atoms with Crippen LogP contribution in [0.25, 0.3) is 0 Å². The zero-order chi connectivity index (χ0) is 9.54. The maximum absolute atomic E-state index is 11.4. The van der Waals surface area contributed by atoms with Gasteiger partial charge in [-0.2, -0.15) is 0 Å². The van der Waals surface area contributed by atoms with Crippen molar-refractivity contribution in [1.82, 2.24) is 5.32 Å². The van der Waals surface area contributed by atoms with E-state index in [0.717, 1.165) is 11.3 Å². The molecule has 4 heteroatoms. The zero-order valence-electron chi connectivity index (χ0n) is 7.27. The van der Waals surface area contributed by atoms with E-state index >= 15 is 0 Å². The third kappa shape index (κ3) is 0.849. The van der Waals surface area contributed by atoms with E-state index in [0.29, 0.717) is 5.71 Å². The summed E-state index contributed by atoms with van der Waals surface area (Å²) in [6.45, 7) is 0. The van der Waals surface area contributed by atoms with Crippen LogP contribution < -0.4 is 5.32 Å². The second-order valence-electron chi connectivity index (χ2n) is 3.21. The fourth-order valence-corrected chi connectivity index (χ4v) is 1.73. The third-order valence-corrected chi connectivity index (χ3v) is 2.38. The van der Waals surface area contributed by atoms with Crippen LogP contribution in [0, 0.1) is 0 Å². The molecule has 1 aromatic rings. The quantitative estimate of drug-likeness (QED) is 0.643. The fraction of sp³-hybridized carbons (Fsp3) is 0.100. The number of amides is 1. The van der Waals surface area contributed by atoms with Crippen molar-refractivity contribution in [3.63, 3.8) is 0 Å². The molecule has 3 rings (SSSR count). The smallest absolute Gasteiger partial charge is 0.273 e. The highest BCUT2D eigenvalue weighted by molar-refractivity contribution is 6.45. The number of carbonyl (C=O) groups is 1. The first kappa shape index (κ1) is 7.44. The van der Waals surface area contributed by atoms with Gasteiger partial charge in [0.15, 0.2) is 0 Å². The van der Waals surface area contributed by atoms with Crippen molar-refractivity contribution in [2.24, 2.45) is 9.98 Å². The molecule has 2 aliphatic rings. The number of benzene rings is 1. The number of nitrogens with zero attached hydrogens (tertiary/aromatic N) is 2. The standard InChI is InChI=1S/C10H7N3O/c14-10-9-8(11-5-12-10)6-3-1-2-4-7(6)13-9/h1-5,8H,(H,11,12,14). The summed E-state index contributed by atoms with van der Waals surface area (Å²) in [7, 11) is 0. The Labute approximate surface area is 80.4 Å². The van der Waals surface area contributed by atoms with Gasteiger partial charge in [0.25, 0.3) is 5.91 Å². The van der Waals surface area contributed by atoms with Crippen LogP contribution in [0.5, 0.6) is 0 Å². The third-order valence-electron chi connectivity index (χ3n) is 2.38. The van der Waals surface area contributed by atoms with E-state index < -0.39 is 0 Å². The van der Waals surface area contributed by atoms with E-state index in [4.69, 9.17) is 0 Å². The van der Waals surface area contributed by atoms with Crippen LogP contribution in [0.15, 0.2) is 34.3 Å². The van der Waals surface area contributed by atoms with Gasteiger partial charge >= 0.3 is 0 Å². The Kier molecular flexibility index (Phi) is 1.33. The lowest BCUT2D eigenvalue weighted by Crippen LogP contribution is -2.36. The maximum atomic E-state index is 11.4. The predicted molar refractivity (Wildman–Crippen MR) is 52.9 cm³/mol. The number of carbonyl (C=O) groups excluding carboxylic acids is 1. The first-order valence-corrected chi connectivity index (χ1v) is 4.36. The first-order valence-electron chi connectivity index (χ1n) is 4.36. The molecule has 0 radical (unpaired) electrons. The summed E-state index contributed by atoms with van der Waals surface area (Å²) < 4.78 is 0. The number of hydrogen-bond acceptors (Lipinski definition) is 3. The largest absolute Gasteiger partial charge is 0.312 e. The Balaban J connectivity index is 2.21. The molecule has 1 amide bonds. The molecule has 2 heterocycles. The summed E-state index contributed by atoms with van der Waals surface area (Å²) in [4.78, 5) is 19.9. The molecule has 1 unspecified atom stereocenters. The van der Waals surface area contributed by atoms with Gasteiger partial charge in [0.1, 0.15) is 11.8 Å². The van der Waals surface area contributed by atoms with Gasteiger partial charge in [-0.15, -0.1) is 0 Å². The van der Waals surface area contributed by atoms with Crippen LogP contribution in [0.2, 0.25) is 0 Å². The second-order valence-corrected chi connectivity index (χ2v) is 3.21. The van der Waals surface area contributed by atoms with E-state index in [2.05, 4.69) is 15.3 Å². The topological polar surface area (TPSA) is 53.8 Å². The lowest BCUT2D eigenvalue weighted by Gasteiger charge is -2.12. The summed E-state index contributed by atoms with van der Waals surface area (Å²) in [6, 6.07) is 7.48. The maximum Gasteiger partial charge on any atom is 0.273 e. The molecule has 0 bridgehead atoms. The van der Waals surface area contributed by atoms with Crippen molar-refractivity contribution in [3.05, 3.63) is 29.8 Å². The number of rotatable bonds is 0. The van der Waals surface area contributed by atoms with E-state index in [-0.39, 0.29) is 11.9 Å². The van der Waals surface area contributed by atoms with Crippen molar-refractivity contribution in [3.8, 4) is 0 Å². The molecule has 2 aliphatic heterocycles. The van der Waals surface area contributed by atoms with Crippen LogP contribution in [0.3, 0.4) is 0 Å². The number of aliphatic imine (C=N–C) groups is 2. The molecule has 1 atom stereocenters. The van der Waals surface area contributed by atoms with Crippen LogP contribution in [-0.4, -0.2) is 18.0 Å². The van der Waals surface area contributed by atoms with E-state index in [9.17, 15) is 4.79 Å². The lowest BCUT2D eigenvalue weighted by molar-refractivity contribution is -0.113. The van der Waals surface area contributed by atoms with Gasteiger partial charge in [-0.25, -0.2) is 4.99 Å². The molecule has 0 fully saturated rings. The first-order chi connectivity index (χ1) is 6.86. The van der Waals surface area contributed by atoms with Crippen molar-refractivity contribution in [2.75, 3.05) is 0 Å². The van der Waals surface area contributed by atoms with Gasteiger partial charge < -0.3 is 5.32 Å². The molecule has 1 aromatic carbocycles. The highest BCUT2D eigenvalue weighted by atomic mass is 16.2. The van der Waals surface area contributed by atoms with Gasteiger partial charge in [0.2, 0.25) is 0 Å². The van der Waals surface area contributed by atoms with Gasteiger partial charge in [-0.3, -0.25) is 9.79 Å². The molecular weight excluding hydrogens is 178 g/mol. The highest BCUT2D eigenvalue weighted by Crippen LogP contribution is 2.36. The number of para-hydroxylation sites is 1. The van der Waals surface area contributed by atoms with Gasteiger partial charge in [-0.05, 0) is 6.07 Å². The van der Waals surface area contributed by atoms with Gasteiger partial charge in [0, 0.05) is 5.56 Å². The number of nitrogens with one attached hydrogen (secondary N) is 1. The summed E-state index contributed by atoms with van der Waals surface area (Å²) in [5.41, 5.74) is 2.35. The van der Waals surface area contributed by atoms with Crippen molar-refractivity contribution in [1.29, 1.82) is 0 Å². The molecule has 0 saturated carbocycles. The molecule has 68 valence electrons. The SMILES string of the molecule is O=C1NC=NC2C1=Nc1ccccc12. The number of fused-ring (bicyclic) bond motifs is 3. The molecular formula is C10H7N3O. The minimum Gasteiger partial charge on any atom is -0.312 e. The minimum absolute atomic E-state index is 0.152. The summed E-state index contributed by atoms with van der Waals surface area (Å²) in [6.07, 6.45) is 1.44. The van der Waals surface area contributed by atoms with Crippen LogP contribution in [-0.2, 0) is 4.79 Å². The Morgan fingerprint density at radius 2 is 2.14 bits per heavy atom. The van der Waals surface area contributed by atoms with E-state index in [1.807, 2.05) is 24.3 Å². The minimum atomic E-state index is -0.194. The Morgan fingerprint density at radius 3 is 3.07 bits per heavy atom. The lowest BCUT2D eigenvalue weighted by atomic mass is 10.0.